The Balaban J connectivity index is 1.87. The van der Waals surface area contributed by atoms with Crippen molar-refractivity contribution >= 4 is 0 Å². The van der Waals surface area contributed by atoms with Crippen LogP contribution in [0.4, 0.5) is 0 Å². The Kier molecular flexibility index (Phi) is 3.52. The van der Waals surface area contributed by atoms with Crippen LogP contribution in [-0.4, -0.2) is 12.6 Å². The van der Waals surface area contributed by atoms with Crippen LogP contribution >= 0.6 is 0 Å². The minimum atomic E-state index is 0.401. The number of nitrogens with one attached hydrogen (secondary N) is 1. The van der Waals surface area contributed by atoms with Gasteiger partial charge in [0.15, 0.2) is 0 Å². The van der Waals surface area contributed by atoms with Crippen molar-refractivity contribution in [3.63, 3.8) is 0 Å². The summed E-state index contributed by atoms with van der Waals surface area (Å²) in [6, 6.07) is 8.81. The van der Waals surface area contributed by atoms with Crippen LogP contribution in [0.25, 0.3) is 0 Å². The summed E-state index contributed by atoms with van der Waals surface area (Å²) in [6.07, 6.45) is 6.41. The molecular weight excluding hydrogens is 224 g/mol. The molecule has 0 bridgehead atoms. The highest BCUT2D eigenvalue weighted by Gasteiger charge is 2.34. The predicted molar refractivity (Wildman–Crippen MR) is 72.4 cm³/mol. The van der Waals surface area contributed by atoms with Crippen LogP contribution in [0.2, 0.25) is 0 Å². The second kappa shape index (κ2) is 5.29. The van der Waals surface area contributed by atoms with Crippen molar-refractivity contribution in [1.29, 1.82) is 0 Å². The van der Waals surface area contributed by atoms with Crippen LogP contribution in [-0.2, 0) is 0 Å². The molecule has 1 heterocycles. The van der Waals surface area contributed by atoms with Crippen LogP contribution in [0.1, 0.15) is 43.6 Å². The van der Waals surface area contributed by atoms with E-state index in [1.807, 2.05) is 6.07 Å². The van der Waals surface area contributed by atoms with E-state index in [0.717, 1.165) is 24.7 Å². The molecule has 3 nitrogen and oxygen atoms in total. The van der Waals surface area contributed by atoms with Crippen molar-refractivity contribution in [2.75, 3.05) is 6.61 Å². The molecule has 1 aliphatic carbocycles. The van der Waals surface area contributed by atoms with Gasteiger partial charge in [-0.15, -0.1) is 0 Å². The van der Waals surface area contributed by atoms with E-state index < -0.39 is 0 Å². The molecule has 0 saturated heterocycles. The van der Waals surface area contributed by atoms with Crippen molar-refractivity contribution < 1.29 is 4.74 Å². The lowest BCUT2D eigenvalue weighted by molar-refractivity contribution is 0.218. The highest BCUT2D eigenvalue weighted by atomic mass is 16.5. The third-order valence-corrected chi connectivity index (χ3v) is 4.54. The molecule has 1 saturated carbocycles. The van der Waals surface area contributed by atoms with Gasteiger partial charge in [-0.3, -0.25) is 11.3 Å². The fraction of sp³-hybridized carbons (Fsp3) is 0.600. The molecule has 18 heavy (non-hydrogen) atoms. The van der Waals surface area contributed by atoms with Gasteiger partial charge in [-0.05, 0) is 36.8 Å². The number of rotatable bonds is 3. The lowest BCUT2D eigenvalue weighted by Crippen LogP contribution is -2.45. The zero-order chi connectivity index (χ0) is 12.4. The van der Waals surface area contributed by atoms with Gasteiger partial charge in [-0.1, -0.05) is 31.0 Å². The first-order chi connectivity index (χ1) is 8.90. The third-order valence-electron chi connectivity index (χ3n) is 4.54. The normalized spacial score (nSPS) is 25.5. The van der Waals surface area contributed by atoms with Crippen LogP contribution in [0.3, 0.4) is 0 Å². The summed E-state index contributed by atoms with van der Waals surface area (Å²) >= 11 is 0. The van der Waals surface area contributed by atoms with Gasteiger partial charge in [0.1, 0.15) is 5.75 Å². The molecule has 98 valence electrons. The third kappa shape index (κ3) is 2.13. The average Bonchev–Trinajstić information content (AvgIpc) is 2.94. The molecule has 3 N–H and O–H groups in total. The molecule has 1 fully saturated rings. The maximum absolute atomic E-state index is 5.85. The van der Waals surface area contributed by atoms with Gasteiger partial charge >= 0.3 is 0 Å². The summed E-state index contributed by atoms with van der Waals surface area (Å²) in [5.41, 5.74) is 4.43. The van der Waals surface area contributed by atoms with Gasteiger partial charge in [0.25, 0.3) is 0 Å². The van der Waals surface area contributed by atoms with Crippen molar-refractivity contribution in [2.45, 2.75) is 44.1 Å². The Hall–Kier alpha value is -1.06. The number of hydrogen-bond acceptors (Lipinski definition) is 3. The Bertz CT molecular complexity index is 401. The first-order valence-corrected chi connectivity index (χ1v) is 7.08. The van der Waals surface area contributed by atoms with Gasteiger partial charge < -0.3 is 4.74 Å². The molecule has 2 unspecified atom stereocenters. The molecule has 3 rings (SSSR count). The summed E-state index contributed by atoms with van der Waals surface area (Å²) in [6.45, 7) is 0.812. The summed E-state index contributed by atoms with van der Waals surface area (Å²) in [4.78, 5) is 0. The van der Waals surface area contributed by atoms with Gasteiger partial charge in [0.05, 0.1) is 6.61 Å². The average molecular weight is 246 g/mol. The second-order valence-electron chi connectivity index (χ2n) is 5.52. The lowest BCUT2D eigenvalue weighted by Gasteiger charge is -2.35. The highest BCUT2D eigenvalue weighted by molar-refractivity contribution is 5.38. The Labute approximate surface area is 109 Å². The molecule has 2 atom stereocenters. The van der Waals surface area contributed by atoms with E-state index in [-0.39, 0.29) is 0 Å². The smallest absolute Gasteiger partial charge is 0.122 e. The highest BCUT2D eigenvalue weighted by Crippen LogP contribution is 2.41. The van der Waals surface area contributed by atoms with Gasteiger partial charge in [-0.2, -0.15) is 0 Å². The van der Waals surface area contributed by atoms with E-state index in [2.05, 4.69) is 23.6 Å². The predicted octanol–water partition coefficient (Wildman–Crippen LogP) is 2.57. The Morgan fingerprint density at radius 3 is 2.72 bits per heavy atom. The van der Waals surface area contributed by atoms with E-state index in [1.165, 1.54) is 31.2 Å². The number of nitrogens with two attached hydrogens (primary N) is 1. The van der Waals surface area contributed by atoms with Gasteiger partial charge in [0, 0.05) is 12.0 Å². The molecule has 0 spiro atoms. The van der Waals surface area contributed by atoms with E-state index in [1.54, 1.807) is 0 Å². The summed E-state index contributed by atoms with van der Waals surface area (Å²) in [5, 5.41) is 0. The minimum Gasteiger partial charge on any atom is -0.493 e. The number of ether oxygens (including phenoxy) is 1. The Morgan fingerprint density at radius 2 is 1.94 bits per heavy atom. The molecule has 2 aliphatic rings. The number of hydrazine groups is 1. The number of para-hydroxylation sites is 1. The van der Waals surface area contributed by atoms with Crippen LogP contribution in [0, 0.1) is 5.92 Å². The fourth-order valence-corrected chi connectivity index (χ4v) is 3.64. The zero-order valence-corrected chi connectivity index (χ0v) is 10.8. The largest absolute Gasteiger partial charge is 0.493 e. The summed E-state index contributed by atoms with van der Waals surface area (Å²) in [7, 11) is 0. The first-order valence-electron chi connectivity index (χ1n) is 7.08. The van der Waals surface area contributed by atoms with Crippen LogP contribution in [0.15, 0.2) is 24.3 Å². The monoisotopic (exact) mass is 246 g/mol. The van der Waals surface area contributed by atoms with E-state index in [0.29, 0.717) is 12.0 Å². The standard InChI is InChI=1S/C15H22N2O/c16-17-15(11-5-1-2-6-11)13-9-10-18-14-8-4-3-7-12(13)14/h3-4,7-8,11,13,15,17H,1-2,5-6,9-10,16H2. The number of fused-ring (bicyclic) bond motifs is 1. The number of hydrogen-bond donors (Lipinski definition) is 2. The Morgan fingerprint density at radius 1 is 1.17 bits per heavy atom. The van der Waals surface area contributed by atoms with Crippen molar-refractivity contribution in [1.82, 2.24) is 5.43 Å². The molecular formula is C15H22N2O. The van der Waals surface area contributed by atoms with Crippen LogP contribution < -0.4 is 16.0 Å². The molecule has 0 amide bonds. The molecule has 0 aromatic heterocycles. The SMILES string of the molecule is NNC(C1CCCC1)C1CCOc2ccccc21. The topological polar surface area (TPSA) is 47.3 Å². The fourth-order valence-electron chi connectivity index (χ4n) is 3.64. The molecule has 1 aliphatic heterocycles. The zero-order valence-electron chi connectivity index (χ0n) is 10.8. The molecule has 0 radical (unpaired) electrons. The quantitative estimate of drug-likeness (QED) is 0.636. The number of benzene rings is 1. The summed E-state index contributed by atoms with van der Waals surface area (Å²) < 4.78 is 5.74. The van der Waals surface area contributed by atoms with Gasteiger partial charge in [-0.25, -0.2) is 0 Å². The molecule has 1 aromatic rings. The lowest BCUT2D eigenvalue weighted by atomic mass is 9.80. The first kappa shape index (κ1) is 12.0. The van der Waals surface area contributed by atoms with E-state index in [9.17, 15) is 0 Å². The van der Waals surface area contributed by atoms with E-state index >= 15 is 0 Å². The van der Waals surface area contributed by atoms with E-state index in [4.69, 9.17) is 10.6 Å². The van der Waals surface area contributed by atoms with Gasteiger partial charge in [0.2, 0.25) is 0 Å². The summed E-state index contributed by atoms with van der Waals surface area (Å²) in [5.74, 6) is 8.13. The van der Waals surface area contributed by atoms with Crippen LogP contribution in [0.5, 0.6) is 5.75 Å². The minimum absolute atomic E-state index is 0.401. The van der Waals surface area contributed by atoms with Crippen molar-refractivity contribution in [3.8, 4) is 5.75 Å². The molecule has 3 heteroatoms. The second-order valence-corrected chi connectivity index (χ2v) is 5.52. The van der Waals surface area contributed by atoms with Crippen molar-refractivity contribution in [2.24, 2.45) is 11.8 Å². The molecule has 1 aromatic carbocycles. The maximum atomic E-state index is 5.85. The van der Waals surface area contributed by atoms with Crippen molar-refractivity contribution in [3.05, 3.63) is 29.8 Å². The maximum Gasteiger partial charge on any atom is 0.122 e.